The van der Waals surface area contributed by atoms with E-state index >= 15 is 0 Å². The first-order valence-corrected chi connectivity index (χ1v) is 7.63. The van der Waals surface area contributed by atoms with Crippen molar-refractivity contribution in [1.82, 2.24) is 9.55 Å². The summed E-state index contributed by atoms with van der Waals surface area (Å²) in [5.41, 5.74) is 6.35. The summed E-state index contributed by atoms with van der Waals surface area (Å²) in [5, 5.41) is 5.34. The van der Waals surface area contributed by atoms with Crippen molar-refractivity contribution in [3.05, 3.63) is 60.2 Å². The highest BCUT2D eigenvalue weighted by Crippen LogP contribution is 2.39. The minimum atomic E-state index is 1.21. The van der Waals surface area contributed by atoms with E-state index < -0.39 is 0 Å². The van der Waals surface area contributed by atoms with Crippen molar-refractivity contribution in [2.45, 2.75) is 6.92 Å². The van der Waals surface area contributed by atoms with Gasteiger partial charge in [-0.3, -0.25) is 0 Å². The summed E-state index contributed by atoms with van der Waals surface area (Å²) in [4.78, 5) is 3.60. The molecule has 0 radical (unpaired) electrons. The molecule has 0 fully saturated rings. The fraction of sp³-hybridized carbons (Fsp3) is 0.100. The largest absolute Gasteiger partial charge is 0.354 e. The number of benzene rings is 3. The van der Waals surface area contributed by atoms with Crippen molar-refractivity contribution < 1.29 is 0 Å². The van der Waals surface area contributed by atoms with Gasteiger partial charge in [-0.15, -0.1) is 0 Å². The van der Waals surface area contributed by atoms with Gasteiger partial charge in [0.1, 0.15) is 0 Å². The molecule has 2 heterocycles. The molecule has 0 saturated heterocycles. The van der Waals surface area contributed by atoms with E-state index in [4.69, 9.17) is 0 Å². The summed E-state index contributed by atoms with van der Waals surface area (Å²) in [5.74, 6) is 0. The van der Waals surface area contributed by atoms with Crippen molar-refractivity contribution in [2.24, 2.45) is 7.05 Å². The summed E-state index contributed by atoms with van der Waals surface area (Å²) >= 11 is 0. The van der Waals surface area contributed by atoms with Crippen LogP contribution in [0.25, 0.3) is 43.6 Å². The minimum Gasteiger partial charge on any atom is -0.354 e. The first-order valence-electron chi connectivity index (χ1n) is 7.63. The molecule has 2 heteroatoms. The molecule has 5 rings (SSSR count). The lowest BCUT2D eigenvalue weighted by Crippen LogP contribution is -1.87. The Morgan fingerprint density at radius 2 is 1.55 bits per heavy atom. The molecule has 2 nitrogen and oxygen atoms in total. The number of fused-ring (bicyclic) bond motifs is 7. The lowest BCUT2D eigenvalue weighted by Gasteiger charge is -2.02. The van der Waals surface area contributed by atoms with E-state index in [2.05, 4.69) is 78.1 Å². The van der Waals surface area contributed by atoms with Gasteiger partial charge in [0.2, 0.25) is 0 Å². The number of H-pyrrole nitrogens is 1. The lowest BCUT2D eigenvalue weighted by atomic mass is 10.0. The molecule has 0 aliphatic carbocycles. The number of hydrogen-bond acceptors (Lipinski definition) is 0. The topological polar surface area (TPSA) is 20.7 Å². The fourth-order valence-corrected chi connectivity index (χ4v) is 3.82. The Morgan fingerprint density at radius 1 is 0.818 bits per heavy atom. The minimum absolute atomic E-state index is 1.21. The van der Waals surface area contributed by atoms with Crippen LogP contribution in [0, 0.1) is 6.92 Å². The zero-order valence-electron chi connectivity index (χ0n) is 12.6. The molecule has 22 heavy (non-hydrogen) atoms. The summed E-state index contributed by atoms with van der Waals surface area (Å²) in [6.45, 7) is 2.19. The average molecular weight is 284 g/mol. The highest BCUT2D eigenvalue weighted by atomic mass is 14.9. The van der Waals surface area contributed by atoms with Crippen molar-refractivity contribution in [3.63, 3.8) is 0 Å². The highest BCUT2D eigenvalue weighted by molar-refractivity contribution is 6.28. The van der Waals surface area contributed by atoms with Crippen molar-refractivity contribution in [2.75, 3.05) is 0 Å². The van der Waals surface area contributed by atoms with Crippen LogP contribution in [0.2, 0.25) is 0 Å². The van der Waals surface area contributed by atoms with Crippen LogP contribution in [-0.4, -0.2) is 9.55 Å². The van der Waals surface area contributed by atoms with Gasteiger partial charge in [0.25, 0.3) is 0 Å². The van der Waals surface area contributed by atoms with Gasteiger partial charge in [-0.2, -0.15) is 0 Å². The second kappa shape index (κ2) is 3.92. The van der Waals surface area contributed by atoms with Gasteiger partial charge in [0.05, 0.1) is 5.52 Å². The monoisotopic (exact) mass is 284 g/mol. The molecule has 0 unspecified atom stereocenters. The van der Waals surface area contributed by atoms with Crippen LogP contribution in [0.5, 0.6) is 0 Å². The second-order valence-electron chi connectivity index (χ2n) is 6.08. The maximum Gasteiger partial charge on any atom is 0.0502 e. The van der Waals surface area contributed by atoms with E-state index in [9.17, 15) is 0 Å². The third-order valence-electron chi connectivity index (χ3n) is 4.86. The predicted molar refractivity (Wildman–Crippen MR) is 94.5 cm³/mol. The SMILES string of the molecule is Cc1cc2c(c3ccccc3n2C)c2c1[nH]c1ccccc12. The first-order chi connectivity index (χ1) is 10.8. The van der Waals surface area contributed by atoms with Crippen LogP contribution < -0.4 is 0 Å². The quantitative estimate of drug-likeness (QED) is 0.399. The van der Waals surface area contributed by atoms with Crippen LogP contribution in [0.4, 0.5) is 0 Å². The van der Waals surface area contributed by atoms with Crippen LogP contribution in [0.1, 0.15) is 5.56 Å². The second-order valence-corrected chi connectivity index (χ2v) is 6.08. The van der Waals surface area contributed by atoms with Gasteiger partial charge >= 0.3 is 0 Å². The molecule has 3 aromatic carbocycles. The molecule has 0 aliphatic rings. The Labute approximate surface area is 128 Å². The van der Waals surface area contributed by atoms with Crippen LogP contribution in [-0.2, 0) is 7.05 Å². The molecular formula is C20H16N2. The van der Waals surface area contributed by atoms with Gasteiger partial charge < -0.3 is 9.55 Å². The average Bonchev–Trinajstić information content (AvgIpc) is 3.06. The standard InChI is InChI=1S/C20H16N2/c1-12-11-17-18(14-8-4-6-10-16(14)22(17)2)19-13-7-3-5-9-15(13)21-20(12)19/h3-11,21H,1-2H3. The van der Waals surface area contributed by atoms with Gasteiger partial charge in [-0.05, 0) is 30.7 Å². The number of hydrogen-bond donors (Lipinski definition) is 1. The molecular weight excluding hydrogens is 268 g/mol. The Kier molecular flexibility index (Phi) is 2.11. The molecule has 1 N–H and O–H groups in total. The zero-order valence-corrected chi connectivity index (χ0v) is 12.6. The maximum atomic E-state index is 3.60. The fourth-order valence-electron chi connectivity index (χ4n) is 3.82. The molecule has 0 atom stereocenters. The third-order valence-corrected chi connectivity index (χ3v) is 4.86. The van der Waals surface area contributed by atoms with Crippen molar-refractivity contribution >= 4 is 43.6 Å². The zero-order chi connectivity index (χ0) is 14.8. The summed E-state index contributed by atoms with van der Waals surface area (Å²) in [7, 11) is 2.16. The third kappa shape index (κ3) is 1.30. The molecule has 0 saturated carbocycles. The Hall–Kier alpha value is -2.74. The molecule has 5 aromatic rings. The normalized spacial score (nSPS) is 12.1. The number of nitrogens with one attached hydrogen (secondary N) is 1. The predicted octanol–water partition coefficient (Wildman–Crippen LogP) is 5.27. The molecule has 106 valence electrons. The van der Waals surface area contributed by atoms with Gasteiger partial charge in [-0.25, -0.2) is 0 Å². The van der Waals surface area contributed by atoms with Gasteiger partial charge in [-0.1, -0.05) is 36.4 Å². The van der Waals surface area contributed by atoms with E-state index in [1.807, 2.05) is 0 Å². The van der Waals surface area contributed by atoms with E-state index in [1.54, 1.807) is 0 Å². The Bertz CT molecular complexity index is 1190. The van der Waals surface area contributed by atoms with Gasteiger partial charge in [0, 0.05) is 45.1 Å². The number of aromatic nitrogens is 2. The smallest absolute Gasteiger partial charge is 0.0502 e. The molecule has 0 bridgehead atoms. The van der Waals surface area contributed by atoms with E-state index in [1.165, 1.54) is 49.2 Å². The summed E-state index contributed by atoms with van der Waals surface area (Å²) in [6, 6.07) is 19.6. The number of nitrogens with zero attached hydrogens (tertiary/aromatic N) is 1. The number of rotatable bonds is 0. The molecule has 0 aliphatic heterocycles. The number of aryl methyl sites for hydroxylation is 2. The maximum absolute atomic E-state index is 3.60. The van der Waals surface area contributed by atoms with Gasteiger partial charge in [0.15, 0.2) is 0 Å². The number of para-hydroxylation sites is 2. The Morgan fingerprint density at radius 3 is 2.41 bits per heavy atom. The van der Waals surface area contributed by atoms with Crippen LogP contribution in [0.15, 0.2) is 54.6 Å². The van der Waals surface area contributed by atoms with Crippen LogP contribution in [0.3, 0.4) is 0 Å². The molecule has 0 amide bonds. The van der Waals surface area contributed by atoms with Crippen LogP contribution >= 0.6 is 0 Å². The van der Waals surface area contributed by atoms with Crippen molar-refractivity contribution in [3.8, 4) is 0 Å². The lowest BCUT2D eigenvalue weighted by molar-refractivity contribution is 1.01. The highest BCUT2D eigenvalue weighted by Gasteiger charge is 2.16. The first kappa shape index (κ1) is 11.9. The summed E-state index contributed by atoms with van der Waals surface area (Å²) in [6.07, 6.45) is 0. The van der Waals surface area contributed by atoms with E-state index in [0.717, 1.165) is 0 Å². The summed E-state index contributed by atoms with van der Waals surface area (Å²) < 4.78 is 2.30. The number of aromatic amines is 1. The van der Waals surface area contributed by atoms with E-state index in [-0.39, 0.29) is 0 Å². The Balaban J connectivity index is 2.23. The molecule has 0 spiro atoms. The van der Waals surface area contributed by atoms with Crippen molar-refractivity contribution in [1.29, 1.82) is 0 Å². The van der Waals surface area contributed by atoms with E-state index in [0.29, 0.717) is 0 Å². The molecule has 2 aromatic heterocycles.